The predicted octanol–water partition coefficient (Wildman–Crippen LogP) is 2.17. The highest BCUT2D eigenvalue weighted by Crippen LogP contribution is 2.20. The van der Waals surface area contributed by atoms with Crippen molar-refractivity contribution < 1.29 is 9.53 Å². The van der Waals surface area contributed by atoms with Gasteiger partial charge in [-0.2, -0.15) is 10.4 Å². The van der Waals surface area contributed by atoms with Gasteiger partial charge in [0, 0.05) is 38.8 Å². The first kappa shape index (κ1) is 20.6. The number of amides is 1. The highest BCUT2D eigenvalue weighted by atomic mass is 16.6. The number of rotatable bonds is 4. The lowest BCUT2D eigenvalue weighted by atomic mass is 10.1. The number of nitrogens with zero attached hydrogens (tertiary/aromatic N) is 6. The number of nitriles is 1. The second kappa shape index (κ2) is 8.47. The van der Waals surface area contributed by atoms with E-state index in [4.69, 9.17) is 9.72 Å². The number of nitrogens with one attached hydrogen (secondary N) is 1. The molecule has 1 fully saturated rings. The molecule has 1 unspecified atom stereocenters. The standard InChI is InChI=1S/C20H27N7O2/c1-20(2,3)29-19(28)24-15-6-5-7-27(13-15)18-11-22-17(9-21)16(25-18)8-14-10-23-26(4)12-14/h10-12,15H,5-8,13H2,1-4H3,(H,24,28). The monoisotopic (exact) mass is 397 g/mol. The average Bonchev–Trinajstić information content (AvgIpc) is 3.05. The van der Waals surface area contributed by atoms with E-state index in [1.807, 2.05) is 34.0 Å². The van der Waals surface area contributed by atoms with Gasteiger partial charge in [-0.1, -0.05) is 0 Å². The number of ether oxygens (including phenoxy) is 1. The molecular formula is C20H27N7O2. The molecule has 0 saturated carbocycles. The summed E-state index contributed by atoms with van der Waals surface area (Å²) in [7, 11) is 1.85. The minimum Gasteiger partial charge on any atom is -0.444 e. The first-order valence-corrected chi connectivity index (χ1v) is 9.71. The van der Waals surface area contributed by atoms with Gasteiger partial charge in [0.25, 0.3) is 0 Å². The lowest BCUT2D eigenvalue weighted by molar-refractivity contribution is 0.0500. The molecule has 3 rings (SSSR count). The van der Waals surface area contributed by atoms with Gasteiger partial charge in [0.2, 0.25) is 0 Å². The molecule has 0 aromatic carbocycles. The van der Waals surface area contributed by atoms with Crippen molar-refractivity contribution in [1.82, 2.24) is 25.1 Å². The summed E-state index contributed by atoms with van der Waals surface area (Å²) in [4.78, 5) is 23.2. The fourth-order valence-corrected chi connectivity index (χ4v) is 3.32. The summed E-state index contributed by atoms with van der Waals surface area (Å²) >= 11 is 0. The largest absolute Gasteiger partial charge is 0.444 e. The maximum atomic E-state index is 12.1. The number of anilines is 1. The average molecular weight is 397 g/mol. The number of hydrogen-bond donors (Lipinski definition) is 1. The van der Waals surface area contributed by atoms with E-state index in [-0.39, 0.29) is 6.04 Å². The quantitative estimate of drug-likeness (QED) is 0.842. The molecule has 9 heteroatoms. The summed E-state index contributed by atoms with van der Waals surface area (Å²) in [5, 5.41) is 16.5. The summed E-state index contributed by atoms with van der Waals surface area (Å²) in [6.45, 7) is 6.97. The Morgan fingerprint density at radius 3 is 2.86 bits per heavy atom. The summed E-state index contributed by atoms with van der Waals surface area (Å²) in [5.41, 5.74) is 1.38. The summed E-state index contributed by atoms with van der Waals surface area (Å²) in [5.74, 6) is 0.707. The van der Waals surface area contributed by atoms with Gasteiger partial charge in [-0.3, -0.25) is 4.68 Å². The van der Waals surface area contributed by atoms with Crippen molar-refractivity contribution in [1.29, 1.82) is 5.26 Å². The third-order valence-corrected chi connectivity index (χ3v) is 4.53. The SMILES string of the molecule is Cn1cc(Cc2nc(N3CCCC(NC(=O)OC(C)(C)C)C3)cnc2C#N)cn1. The molecule has 9 nitrogen and oxygen atoms in total. The van der Waals surface area contributed by atoms with Crippen LogP contribution in [0.5, 0.6) is 0 Å². The van der Waals surface area contributed by atoms with Gasteiger partial charge in [0.1, 0.15) is 17.5 Å². The van der Waals surface area contributed by atoms with Gasteiger partial charge < -0.3 is 15.0 Å². The third kappa shape index (κ3) is 5.67. The summed E-state index contributed by atoms with van der Waals surface area (Å²) in [6.07, 6.45) is 7.16. The third-order valence-electron chi connectivity index (χ3n) is 4.53. The molecule has 0 bridgehead atoms. The smallest absolute Gasteiger partial charge is 0.407 e. The molecule has 0 radical (unpaired) electrons. The molecule has 3 heterocycles. The zero-order valence-electron chi connectivity index (χ0n) is 17.3. The van der Waals surface area contributed by atoms with Crippen LogP contribution in [0.15, 0.2) is 18.6 Å². The molecule has 154 valence electrons. The number of carbonyl (C=O) groups is 1. The Balaban J connectivity index is 1.71. The van der Waals surface area contributed by atoms with Gasteiger partial charge in [0.15, 0.2) is 5.69 Å². The van der Waals surface area contributed by atoms with E-state index in [1.54, 1.807) is 17.1 Å². The van der Waals surface area contributed by atoms with Gasteiger partial charge in [-0.05, 0) is 39.2 Å². The van der Waals surface area contributed by atoms with Crippen LogP contribution in [-0.2, 0) is 18.2 Å². The molecule has 1 aliphatic heterocycles. The Labute approximate surface area is 170 Å². The van der Waals surface area contributed by atoms with Crippen LogP contribution >= 0.6 is 0 Å². The Morgan fingerprint density at radius 1 is 1.41 bits per heavy atom. The summed E-state index contributed by atoms with van der Waals surface area (Å²) in [6, 6.07) is 2.09. The fourth-order valence-electron chi connectivity index (χ4n) is 3.32. The van der Waals surface area contributed by atoms with E-state index in [0.29, 0.717) is 30.2 Å². The van der Waals surface area contributed by atoms with Gasteiger partial charge >= 0.3 is 6.09 Å². The lowest BCUT2D eigenvalue weighted by Gasteiger charge is -2.34. The van der Waals surface area contributed by atoms with Crippen LogP contribution in [-0.4, -0.2) is 50.6 Å². The molecule has 1 amide bonds. The van der Waals surface area contributed by atoms with E-state index in [0.717, 1.165) is 24.9 Å². The van der Waals surface area contributed by atoms with E-state index in [2.05, 4.69) is 26.4 Å². The molecule has 29 heavy (non-hydrogen) atoms. The van der Waals surface area contributed by atoms with Crippen LogP contribution < -0.4 is 10.2 Å². The second-order valence-electron chi connectivity index (χ2n) is 8.27. The number of hydrogen-bond acceptors (Lipinski definition) is 7. The van der Waals surface area contributed by atoms with E-state index in [9.17, 15) is 10.1 Å². The Kier molecular flexibility index (Phi) is 6.01. The van der Waals surface area contributed by atoms with Crippen molar-refractivity contribution in [2.75, 3.05) is 18.0 Å². The Morgan fingerprint density at radius 2 is 2.21 bits per heavy atom. The van der Waals surface area contributed by atoms with Gasteiger partial charge in [0.05, 0.1) is 18.1 Å². The van der Waals surface area contributed by atoms with Crippen LogP contribution in [0.3, 0.4) is 0 Å². The highest BCUT2D eigenvalue weighted by Gasteiger charge is 2.25. The molecule has 1 N–H and O–H groups in total. The normalized spacial score (nSPS) is 16.9. The van der Waals surface area contributed by atoms with E-state index < -0.39 is 11.7 Å². The minimum atomic E-state index is -0.530. The van der Waals surface area contributed by atoms with Crippen molar-refractivity contribution in [2.24, 2.45) is 7.05 Å². The zero-order valence-corrected chi connectivity index (χ0v) is 17.3. The first-order chi connectivity index (χ1) is 13.7. The van der Waals surface area contributed by atoms with Crippen LogP contribution in [0.25, 0.3) is 0 Å². The van der Waals surface area contributed by atoms with Crippen LogP contribution in [0.2, 0.25) is 0 Å². The van der Waals surface area contributed by atoms with Crippen molar-refractivity contribution in [3.8, 4) is 6.07 Å². The molecule has 2 aromatic rings. The summed E-state index contributed by atoms with van der Waals surface area (Å²) < 4.78 is 7.08. The van der Waals surface area contributed by atoms with Crippen LogP contribution in [0.1, 0.15) is 50.6 Å². The van der Waals surface area contributed by atoms with Crippen molar-refractivity contribution in [3.05, 3.63) is 35.5 Å². The molecule has 0 spiro atoms. The van der Waals surface area contributed by atoms with Crippen molar-refractivity contribution in [3.63, 3.8) is 0 Å². The Bertz CT molecular complexity index is 910. The molecule has 1 aliphatic rings. The zero-order chi connectivity index (χ0) is 21.0. The van der Waals surface area contributed by atoms with Crippen LogP contribution in [0, 0.1) is 11.3 Å². The molecule has 0 aliphatic carbocycles. The maximum Gasteiger partial charge on any atom is 0.407 e. The second-order valence-corrected chi connectivity index (χ2v) is 8.27. The number of carbonyl (C=O) groups excluding carboxylic acids is 1. The first-order valence-electron chi connectivity index (χ1n) is 9.71. The molecule has 1 atom stereocenters. The molecular weight excluding hydrogens is 370 g/mol. The topological polar surface area (TPSA) is 109 Å². The number of aromatic nitrogens is 4. The van der Waals surface area contributed by atoms with E-state index >= 15 is 0 Å². The van der Waals surface area contributed by atoms with Gasteiger partial charge in [-0.15, -0.1) is 0 Å². The van der Waals surface area contributed by atoms with E-state index in [1.165, 1.54) is 0 Å². The highest BCUT2D eigenvalue weighted by molar-refractivity contribution is 5.68. The molecule has 1 saturated heterocycles. The van der Waals surface area contributed by atoms with Crippen LogP contribution in [0.4, 0.5) is 10.6 Å². The predicted molar refractivity (Wildman–Crippen MR) is 107 cm³/mol. The van der Waals surface area contributed by atoms with Gasteiger partial charge in [-0.25, -0.2) is 14.8 Å². The number of aryl methyl sites for hydroxylation is 1. The number of piperidine rings is 1. The number of alkyl carbamates (subject to hydrolysis) is 1. The minimum absolute atomic E-state index is 0.0298. The van der Waals surface area contributed by atoms with Crippen molar-refractivity contribution in [2.45, 2.75) is 51.7 Å². The molecule has 2 aromatic heterocycles. The maximum absolute atomic E-state index is 12.1. The lowest BCUT2D eigenvalue weighted by Crippen LogP contribution is -2.49. The fraction of sp³-hybridized carbons (Fsp3) is 0.550. The van der Waals surface area contributed by atoms with Crippen molar-refractivity contribution >= 4 is 11.9 Å². The Hall–Kier alpha value is -3.15.